The predicted molar refractivity (Wildman–Crippen MR) is 104 cm³/mol. The molecular formula is C20H25ClN4O. The number of amides is 1. The van der Waals surface area contributed by atoms with E-state index in [9.17, 15) is 4.79 Å². The molecule has 1 aromatic heterocycles. The van der Waals surface area contributed by atoms with E-state index in [2.05, 4.69) is 33.1 Å². The van der Waals surface area contributed by atoms with Crippen molar-refractivity contribution in [2.45, 2.75) is 20.0 Å². The largest absolute Gasteiger partial charge is 0.351 e. The molecule has 0 saturated carbocycles. The minimum atomic E-state index is 0.0662. The lowest BCUT2D eigenvalue weighted by Crippen LogP contribution is -2.49. The monoisotopic (exact) mass is 372 g/mol. The number of aryl methyl sites for hydroxylation is 1. The molecule has 0 spiro atoms. The van der Waals surface area contributed by atoms with E-state index in [1.54, 1.807) is 0 Å². The Hall–Kier alpha value is -1.95. The Bertz CT molecular complexity index is 727. The van der Waals surface area contributed by atoms with Crippen molar-refractivity contribution in [3.63, 3.8) is 0 Å². The first-order valence-corrected chi connectivity index (χ1v) is 9.34. The van der Waals surface area contributed by atoms with Crippen molar-refractivity contribution in [3.05, 3.63) is 64.4 Å². The van der Waals surface area contributed by atoms with Crippen LogP contribution >= 0.6 is 11.6 Å². The first kappa shape index (κ1) is 18.8. The van der Waals surface area contributed by atoms with Crippen LogP contribution in [0.15, 0.2) is 42.6 Å². The molecule has 0 aliphatic carbocycles. The van der Waals surface area contributed by atoms with Gasteiger partial charge >= 0.3 is 0 Å². The SMILES string of the molecule is Cc1ncccc1CN1CCN(CC(=O)NCc2ccc(Cl)cc2)CC1. The van der Waals surface area contributed by atoms with Gasteiger partial charge in [-0.15, -0.1) is 0 Å². The van der Waals surface area contributed by atoms with Crippen LogP contribution < -0.4 is 5.32 Å². The molecule has 0 radical (unpaired) electrons. The van der Waals surface area contributed by atoms with E-state index in [-0.39, 0.29) is 5.91 Å². The highest BCUT2D eigenvalue weighted by Crippen LogP contribution is 2.11. The molecule has 2 aromatic rings. The maximum absolute atomic E-state index is 12.2. The summed E-state index contributed by atoms with van der Waals surface area (Å²) in [7, 11) is 0. The highest BCUT2D eigenvalue weighted by Gasteiger charge is 2.19. The first-order chi connectivity index (χ1) is 12.6. The van der Waals surface area contributed by atoms with Crippen LogP contribution in [0.2, 0.25) is 5.02 Å². The maximum Gasteiger partial charge on any atom is 0.234 e. The number of nitrogens with one attached hydrogen (secondary N) is 1. The van der Waals surface area contributed by atoms with Gasteiger partial charge in [-0.3, -0.25) is 19.6 Å². The molecule has 26 heavy (non-hydrogen) atoms. The fourth-order valence-corrected chi connectivity index (χ4v) is 3.22. The van der Waals surface area contributed by atoms with Gasteiger partial charge in [0.05, 0.1) is 6.54 Å². The number of rotatable bonds is 6. The molecule has 138 valence electrons. The molecular weight excluding hydrogens is 348 g/mol. The number of aromatic nitrogens is 1. The summed E-state index contributed by atoms with van der Waals surface area (Å²) in [6, 6.07) is 11.7. The summed E-state index contributed by atoms with van der Waals surface area (Å²) in [4.78, 5) is 21.2. The van der Waals surface area contributed by atoms with Crippen LogP contribution in [-0.4, -0.2) is 53.4 Å². The number of carbonyl (C=O) groups excluding carboxylic acids is 1. The fourth-order valence-electron chi connectivity index (χ4n) is 3.09. The highest BCUT2D eigenvalue weighted by molar-refractivity contribution is 6.30. The van der Waals surface area contributed by atoms with Crippen molar-refractivity contribution < 1.29 is 4.79 Å². The number of piperazine rings is 1. The summed E-state index contributed by atoms with van der Waals surface area (Å²) in [6.07, 6.45) is 1.83. The zero-order chi connectivity index (χ0) is 18.4. The van der Waals surface area contributed by atoms with Gasteiger partial charge in [-0.05, 0) is 36.2 Å². The van der Waals surface area contributed by atoms with Gasteiger partial charge < -0.3 is 5.32 Å². The quantitative estimate of drug-likeness (QED) is 0.846. The van der Waals surface area contributed by atoms with E-state index in [1.165, 1.54) is 5.56 Å². The molecule has 6 heteroatoms. The molecule has 1 N–H and O–H groups in total. The lowest BCUT2D eigenvalue weighted by atomic mass is 10.2. The van der Waals surface area contributed by atoms with Crippen LogP contribution in [0, 0.1) is 6.92 Å². The van der Waals surface area contributed by atoms with Crippen LogP contribution in [0.25, 0.3) is 0 Å². The van der Waals surface area contributed by atoms with Gasteiger partial charge in [-0.1, -0.05) is 29.8 Å². The molecule has 3 rings (SSSR count). The minimum absolute atomic E-state index is 0.0662. The molecule has 1 amide bonds. The van der Waals surface area contributed by atoms with Gasteiger partial charge in [0.15, 0.2) is 0 Å². The third kappa shape index (κ3) is 5.53. The van der Waals surface area contributed by atoms with E-state index in [1.807, 2.05) is 36.5 Å². The van der Waals surface area contributed by atoms with Crippen molar-refractivity contribution in [1.29, 1.82) is 0 Å². The Morgan fingerprint density at radius 3 is 2.50 bits per heavy atom. The number of hydrogen-bond acceptors (Lipinski definition) is 4. The average Bonchev–Trinajstić information content (AvgIpc) is 2.65. The third-order valence-electron chi connectivity index (χ3n) is 4.75. The van der Waals surface area contributed by atoms with Crippen molar-refractivity contribution in [2.75, 3.05) is 32.7 Å². The van der Waals surface area contributed by atoms with Gasteiger partial charge in [0.25, 0.3) is 0 Å². The first-order valence-electron chi connectivity index (χ1n) is 8.96. The Morgan fingerprint density at radius 1 is 1.12 bits per heavy atom. The van der Waals surface area contributed by atoms with E-state index in [0.29, 0.717) is 18.1 Å². The summed E-state index contributed by atoms with van der Waals surface area (Å²) in [6.45, 7) is 7.73. The number of carbonyl (C=O) groups is 1. The van der Waals surface area contributed by atoms with Crippen LogP contribution in [0.3, 0.4) is 0 Å². The van der Waals surface area contributed by atoms with Gasteiger partial charge in [-0.2, -0.15) is 0 Å². The molecule has 0 bridgehead atoms. The summed E-state index contributed by atoms with van der Waals surface area (Å²) in [5.41, 5.74) is 3.43. The fraction of sp³-hybridized carbons (Fsp3) is 0.400. The topological polar surface area (TPSA) is 48.5 Å². The Labute approximate surface area is 160 Å². The zero-order valence-corrected chi connectivity index (χ0v) is 15.9. The lowest BCUT2D eigenvalue weighted by Gasteiger charge is -2.34. The van der Waals surface area contributed by atoms with Crippen LogP contribution in [0.4, 0.5) is 0 Å². The van der Waals surface area contributed by atoms with Crippen molar-refractivity contribution >= 4 is 17.5 Å². The van der Waals surface area contributed by atoms with Crippen molar-refractivity contribution in [3.8, 4) is 0 Å². The molecule has 1 fully saturated rings. The molecule has 1 saturated heterocycles. The summed E-state index contributed by atoms with van der Waals surface area (Å²) in [5.74, 6) is 0.0662. The third-order valence-corrected chi connectivity index (χ3v) is 5.00. The second kappa shape index (κ2) is 9.12. The Kier molecular flexibility index (Phi) is 6.61. The van der Waals surface area contributed by atoms with Crippen LogP contribution in [0.5, 0.6) is 0 Å². The van der Waals surface area contributed by atoms with Crippen molar-refractivity contribution in [1.82, 2.24) is 20.1 Å². The molecule has 5 nitrogen and oxygen atoms in total. The molecule has 1 aliphatic rings. The molecule has 1 aromatic carbocycles. The van der Waals surface area contributed by atoms with Crippen LogP contribution in [-0.2, 0) is 17.9 Å². The Morgan fingerprint density at radius 2 is 1.81 bits per heavy atom. The summed E-state index contributed by atoms with van der Waals surface area (Å²) >= 11 is 5.87. The second-order valence-corrected chi connectivity index (χ2v) is 7.14. The molecule has 0 unspecified atom stereocenters. The maximum atomic E-state index is 12.2. The van der Waals surface area contributed by atoms with Gasteiger partial charge in [-0.25, -0.2) is 0 Å². The Balaban J connectivity index is 1.38. The lowest BCUT2D eigenvalue weighted by molar-refractivity contribution is -0.122. The van der Waals surface area contributed by atoms with Gasteiger partial charge in [0, 0.05) is 56.2 Å². The standard InChI is InChI=1S/C20H25ClN4O/c1-16-18(3-2-8-22-16)14-24-9-11-25(12-10-24)15-20(26)23-13-17-4-6-19(21)7-5-17/h2-8H,9-15H2,1H3,(H,23,26). The normalized spacial score (nSPS) is 15.8. The number of hydrogen-bond donors (Lipinski definition) is 1. The van der Waals surface area contributed by atoms with Crippen molar-refractivity contribution in [2.24, 2.45) is 0 Å². The molecule has 2 heterocycles. The van der Waals surface area contributed by atoms with E-state index < -0.39 is 0 Å². The number of benzene rings is 1. The van der Waals surface area contributed by atoms with E-state index >= 15 is 0 Å². The predicted octanol–water partition coefficient (Wildman–Crippen LogP) is 2.48. The zero-order valence-electron chi connectivity index (χ0n) is 15.1. The minimum Gasteiger partial charge on any atom is -0.351 e. The van der Waals surface area contributed by atoms with E-state index in [0.717, 1.165) is 44.0 Å². The smallest absolute Gasteiger partial charge is 0.234 e. The van der Waals surface area contributed by atoms with E-state index in [4.69, 9.17) is 11.6 Å². The molecule has 0 atom stereocenters. The number of pyridine rings is 1. The molecule has 1 aliphatic heterocycles. The average molecular weight is 373 g/mol. The summed E-state index contributed by atoms with van der Waals surface area (Å²) in [5, 5.41) is 3.69. The van der Waals surface area contributed by atoms with Gasteiger partial charge in [0.2, 0.25) is 5.91 Å². The van der Waals surface area contributed by atoms with Crippen LogP contribution in [0.1, 0.15) is 16.8 Å². The number of halogens is 1. The van der Waals surface area contributed by atoms with Gasteiger partial charge in [0.1, 0.15) is 0 Å². The number of nitrogens with zero attached hydrogens (tertiary/aromatic N) is 3. The summed E-state index contributed by atoms with van der Waals surface area (Å²) < 4.78 is 0. The highest BCUT2D eigenvalue weighted by atomic mass is 35.5. The second-order valence-electron chi connectivity index (χ2n) is 6.70.